The van der Waals surface area contributed by atoms with Gasteiger partial charge in [0, 0.05) is 0 Å². The van der Waals surface area contributed by atoms with E-state index in [-0.39, 0.29) is 63.8 Å². The third kappa shape index (κ3) is 5.53. The van der Waals surface area contributed by atoms with Crippen LogP contribution >= 0.6 is 12.4 Å². The second-order valence-electron chi connectivity index (χ2n) is 2.42. The number of halogens is 1. The molecule has 1 aromatic carbocycles. The molecule has 0 saturated heterocycles. The van der Waals surface area contributed by atoms with Gasteiger partial charge in [0.2, 0.25) is 0 Å². The first-order valence-corrected chi connectivity index (χ1v) is 6.14. The molecule has 88 valence electrons. The summed E-state index contributed by atoms with van der Waals surface area (Å²) in [7, 11) is -8.92. The number of benzene rings is 1. The summed E-state index contributed by atoms with van der Waals surface area (Å²) in [5.74, 6) is 0. The van der Waals surface area contributed by atoms with Gasteiger partial charge in [-0.05, 0) is 18.2 Å². The molecule has 0 bridgehead atoms. The molecule has 1 aromatic rings. The van der Waals surface area contributed by atoms with Crippen molar-refractivity contribution in [1.29, 1.82) is 0 Å². The van der Waals surface area contributed by atoms with Crippen molar-refractivity contribution >= 4 is 84.0 Å². The molecule has 0 atom stereocenters. The Morgan fingerprint density at radius 3 is 1.44 bits per heavy atom. The Bertz CT molecular complexity index is 505. The molecule has 0 aromatic heterocycles. The molecule has 0 aliphatic heterocycles. The quantitative estimate of drug-likeness (QED) is 0.585. The SMILES string of the molecule is Cl.O=S(=O)(O)c1cccc(S(=O)(=O)O)c1.[KH]. The summed E-state index contributed by atoms with van der Waals surface area (Å²) in [6, 6.07) is 3.75. The van der Waals surface area contributed by atoms with Gasteiger partial charge in [0.05, 0.1) is 9.79 Å². The fourth-order valence-corrected chi connectivity index (χ4v) is 1.92. The van der Waals surface area contributed by atoms with E-state index in [2.05, 4.69) is 0 Å². The van der Waals surface area contributed by atoms with Crippen LogP contribution in [-0.2, 0) is 20.2 Å². The molecule has 0 unspecified atom stereocenters. The van der Waals surface area contributed by atoms with Crippen molar-refractivity contribution < 1.29 is 25.9 Å². The summed E-state index contributed by atoms with van der Waals surface area (Å²) in [6.07, 6.45) is 0. The van der Waals surface area contributed by atoms with Gasteiger partial charge >= 0.3 is 51.4 Å². The van der Waals surface area contributed by atoms with E-state index in [1.54, 1.807) is 0 Å². The Morgan fingerprint density at radius 1 is 0.875 bits per heavy atom. The zero-order valence-electron chi connectivity index (χ0n) is 7.06. The molecule has 0 spiro atoms. The summed E-state index contributed by atoms with van der Waals surface area (Å²) in [6.45, 7) is 0. The Balaban J connectivity index is 0. The van der Waals surface area contributed by atoms with Gasteiger partial charge in [-0.25, -0.2) is 0 Å². The summed E-state index contributed by atoms with van der Waals surface area (Å²) in [4.78, 5) is -1.18. The van der Waals surface area contributed by atoms with Crippen molar-refractivity contribution in [3.8, 4) is 0 Å². The molecule has 0 aliphatic rings. The Labute approximate surface area is 142 Å². The molecule has 1 rings (SSSR count). The summed E-state index contributed by atoms with van der Waals surface area (Å²) in [5.41, 5.74) is 0. The van der Waals surface area contributed by atoms with Crippen LogP contribution in [-0.4, -0.2) is 77.3 Å². The standard InChI is InChI=1S/C6H6O6S2.ClH.K.H/c7-13(8,9)5-2-1-3-6(4-5)14(10,11)12;;;/h1-4H,(H,7,8,9)(H,10,11,12);1H;;. The molecule has 0 radical (unpaired) electrons. The summed E-state index contributed by atoms with van der Waals surface area (Å²) < 4.78 is 59.5. The molecule has 6 nitrogen and oxygen atoms in total. The zero-order chi connectivity index (χ0) is 11.0. The Morgan fingerprint density at radius 2 is 1.19 bits per heavy atom. The van der Waals surface area contributed by atoms with Crippen LogP contribution in [0.25, 0.3) is 0 Å². The van der Waals surface area contributed by atoms with Crippen molar-refractivity contribution in [3.63, 3.8) is 0 Å². The van der Waals surface area contributed by atoms with Crippen LogP contribution in [0.5, 0.6) is 0 Å². The van der Waals surface area contributed by atoms with E-state index in [1.807, 2.05) is 0 Å². The molecule has 0 fully saturated rings. The molecular formula is C6H8ClKO6S2. The molecule has 2 N–H and O–H groups in total. The fourth-order valence-electron chi connectivity index (χ4n) is 0.795. The van der Waals surface area contributed by atoms with Crippen molar-refractivity contribution in [2.45, 2.75) is 9.79 Å². The number of hydrogen-bond donors (Lipinski definition) is 2. The average molecular weight is 315 g/mol. The summed E-state index contributed by atoms with van der Waals surface area (Å²) >= 11 is 0. The van der Waals surface area contributed by atoms with Gasteiger partial charge in [0.25, 0.3) is 20.2 Å². The second-order valence-corrected chi connectivity index (χ2v) is 5.27. The first-order valence-electron chi connectivity index (χ1n) is 3.26. The first kappa shape index (κ1) is 19.3. The van der Waals surface area contributed by atoms with E-state index in [4.69, 9.17) is 9.11 Å². The predicted molar refractivity (Wildman–Crippen MR) is 60.5 cm³/mol. The molecular weight excluding hydrogens is 307 g/mol. The topological polar surface area (TPSA) is 109 Å². The van der Waals surface area contributed by atoms with Crippen molar-refractivity contribution in [2.24, 2.45) is 0 Å². The van der Waals surface area contributed by atoms with E-state index >= 15 is 0 Å². The zero-order valence-corrected chi connectivity index (χ0v) is 9.51. The minimum absolute atomic E-state index is 0. The third-order valence-corrected chi connectivity index (χ3v) is 3.10. The molecule has 0 aliphatic carbocycles. The van der Waals surface area contributed by atoms with Crippen molar-refractivity contribution in [2.75, 3.05) is 0 Å². The minimum atomic E-state index is -4.46. The molecule has 10 heteroatoms. The van der Waals surface area contributed by atoms with Crippen molar-refractivity contribution in [3.05, 3.63) is 24.3 Å². The Kier molecular flexibility index (Phi) is 8.18. The number of hydrogen-bond acceptors (Lipinski definition) is 4. The number of rotatable bonds is 2. The third-order valence-electron chi connectivity index (χ3n) is 1.40. The van der Waals surface area contributed by atoms with Gasteiger partial charge in [-0.15, -0.1) is 12.4 Å². The summed E-state index contributed by atoms with van der Waals surface area (Å²) in [5, 5.41) is 0. The molecule has 0 amide bonds. The van der Waals surface area contributed by atoms with Gasteiger partial charge in [-0.3, -0.25) is 9.11 Å². The normalized spacial score (nSPS) is 11.1. The van der Waals surface area contributed by atoms with Gasteiger partial charge in [0.15, 0.2) is 0 Å². The van der Waals surface area contributed by atoms with Gasteiger partial charge in [-0.2, -0.15) is 16.8 Å². The molecule has 16 heavy (non-hydrogen) atoms. The van der Waals surface area contributed by atoms with Gasteiger partial charge < -0.3 is 0 Å². The van der Waals surface area contributed by atoms with Crippen molar-refractivity contribution in [1.82, 2.24) is 0 Å². The fraction of sp³-hybridized carbons (Fsp3) is 0. The maximum atomic E-state index is 10.6. The van der Waals surface area contributed by atoms with Crippen LogP contribution in [0, 0.1) is 0 Å². The van der Waals surface area contributed by atoms with Crippen LogP contribution in [0.1, 0.15) is 0 Å². The van der Waals surface area contributed by atoms with Crippen LogP contribution in [0.4, 0.5) is 0 Å². The van der Waals surface area contributed by atoms with Gasteiger partial charge in [0.1, 0.15) is 0 Å². The van der Waals surface area contributed by atoms with E-state index < -0.39 is 30.0 Å². The van der Waals surface area contributed by atoms with Crippen LogP contribution < -0.4 is 0 Å². The Hall–Kier alpha value is 0.966. The average Bonchev–Trinajstić information content (AvgIpc) is 2.01. The predicted octanol–water partition coefficient (Wildman–Crippen LogP) is -0.0467. The first-order chi connectivity index (χ1) is 6.21. The molecule has 0 saturated carbocycles. The maximum absolute atomic E-state index is 10.6. The van der Waals surface area contributed by atoms with Crippen LogP contribution in [0.15, 0.2) is 34.1 Å². The monoisotopic (exact) mass is 314 g/mol. The van der Waals surface area contributed by atoms with E-state index in [0.29, 0.717) is 6.07 Å². The second kappa shape index (κ2) is 6.78. The van der Waals surface area contributed by atoms with E-state index in [9.17, 15) is 16.8 Å². The van der Waals surface area contributed by atoms with E-state index in [1.165, 1.54) is 0 Å². The van der Waals surface area contributed by atoms with Crippen LogP contribution in [0.3, 0.4) is 0 Å². The van der Waals surface area contributed by atoms with Crippen LogP contribution in [0.2, 0.25) is 0 Å². The van der Waals surface area contributed by atoms with Gasteiger partial charge in [-0.1, -0.05) is 6.07 Å². The molecule has 0 heterocycles. The van der Waals surface area contributed by atoms with E-state index in [0.717, 1.165) is 18.2 Å².